The Hall–Kier alpha value is -1.40. The van der Waals surface area contributed by atoms with Gasteiger partial charge in [0.15, 0.2) is 0 Å². The van der Waals surface area contributed by atoms with Crippen LogP contribution in [0, 0.1) is 13.8 Å². The van der Waals surface area contributed by atoms with Crippen LogP contribution in [0.2, 0.25) is 0 Å². The number of carbonyl (C=O) groups is 1. The van der Waals surface area contributed by atoms with Gasteiger partial charge < -0.3 is 15.2 Å². The minimum absolute atomic E-state index is 0.0509. The smallest absolute Gasteiger partial charge is 0.239 e. The number of aromatic nitrogens is 1. The van der Waals surface area contributed by atoms with Crippen molar-refractivity contribution in [2.75, 3.05) is 19.6 Å². The summed E-state index contributed by atoms with van der Waals surface area (Å²) in [6.45, 7) is 10.7. The van der Waals surface area contributed by atoms with Crippen molar-refractivity contribution in [1.82, 2.24) is 15.0 Å². The molecule has 6 nitrogen and oxygen atoms in total. The van der Waals surface area contributed by atoms with Crippen LogP contribution in [0.4, 0.5) is 0 Å². The van der Waals surface area contributed by atoms with Gasteiger partial charge in [0.25, 0.3) is 0 Å². The van der Waals surface area contributed by atoms with Gasteiger partial charge in [0.05, 0.1) is 11.7 Å². The van der Waals surface area contributed by atoms with E-state index in [0.29, 0.717) is 6.54 Å². The predicted octanol–water partition coefficient (Wildman–Crippen LogP) is 1.06. The number of likely N-dealkylation sites (tertiary alicyclic amines) is 1. The number of likely N-dealkylation sites (N-methyl/N-ethyl adjacent to an activating group) is 1. The highest BCUT2D eigenvalue weighted by atomic mass is 16.5. The maximum absolute atomic E-state index is 12.7. The largest absolute Gasteiger partial charge is 0.361 e. The molecule has 1 aliphatic rings. The molecule has 0 spiro atoms. The Morgan fingerprint density at radius 3 is 2.62 bits per heavy atom. The molecule has 2 atom stereocenters. The van der Waals surface area contributed by atoms with Crippen LogP contribution in [0.5, 0.6) is 0 Å². The van der Waals surface area contributed by atoms with E-state index in [4.69, 9.17) is 10.3 Å². The van der Waals surface area contributed by atoms with Crippen LogP contribution in [0.25, 0.3) is 0 Å². The number of rotatable bonds is 5. The summed E-state index contributed by atoms with van der Waals surface area (Å²) in [5.41, 5.74) is 8.05. The second-order valence-corrected chi connectivity index (χ2v) is 5.75. The summed E-state index contributed by atoms with van der Waals surface area (Å²) in [7, 11) is 0. The minimum atomic E-state index is -0.131. The zero-order chi connectivity index (χ0) is 15.6. The normalized spacial score (nSPS) is 22.7. The third kappa shape index (κ3) is 3.27. The number of carbonyl (C=O) groups excluding carboxylic acids is 1. The minimum Gasteiger partial charge on any atom is -0.361 e. The Morgan fingerprint density at radius 2 is 2.10 bits per heavy atom. The van der Waals surface area contributed by atoms with E-state index >= 15 is 0 Å². The summed E-state index contributed by atoms with van der Waals surface area (Å²) in [5, 5.41) is 3.99. The van der Waals surface area contributed by atoms with E-state index < -0.39 is 0 Å². The van der Waals surface area contributed by atoms with E-state index in [2.05, 4.69) is 10.1 Å². The molecule has 0 bridgehead atoms. The summed E-state index contributed by atoms with van der Waals surface area (Å²) in [5.74, 6) is 1.00. The summed E-state index contributed by atoms with van der Waals surface area (Å²) in [4.78, 5) is 16.7. The van der Waals surface area contributed by atoms with Gasteiger partial charge in [-0.2, -0.15) is 0 Å². The maximum Gasteiger partial charge on any atom is 0.239 e. The standard InChI is InChI=1S/C15H26N4O2/c1-5-18(6-2)15(20)14-7-12(16)8-19(14)9-13-10(3)17-21-11(13)4/h12,14H,5-9,16H2,1-4H3/t12-,14+/m1/s1. The van der Waals surface area contributed by atoms with Crippen LogP contribution < -0.4 is 5.73 Å². The van der Waals surface area contributed by atoms with Crippen molar-refractivity contribution in [3.63, 3.8) is 0 Å². The van der Waals surface area contributed by atoms with E-state index in [1.165, 1.54) is 0 Å². The van der Waals surface area contributed by atoms with Gasteiger partial charge in [-0.05, 0) is 34.1 Å². The van der Waals surface area contributed by atoms with Crippen molar-refractivity contribution in [2.24, 2.45) is 5.73 Å². The lowest BCUT2D eigenvalue weighted by atomic mass is 10.1. The lowest BCUT2D eigenvalue weighted by Gasteiger charge is -2.28. The van der Waals surface area contributed by atoms with E-state index in [9.17, 15) is 4.79 Å². The van der Waals surface area contributed by atoms with Gasteiger partial charge in [-0.25, -0.2) is 0 Å². The zero-order valence-corrected chi connectivity index (χ0v) is 13.4. The molecule has 0 saturated carbocycles. The number of nitrogens with two attached hydrogens (primary N) is 1. The van der Waals surface area contributed by atoms with Crippen molar-refractivity contribution >= 4 is 5.91 Å². The quantitative estimate of drug-likeness (QED) is 0.879. The van der Waals surface area contributed by atoms with Crippen molar-refractivity contribution in [3.05, 3.63) is 17.0 Å². The Kier molecular flexibility index (Phi) is 5.00. The molecule has 1 aromatic heterocycles. The topological polar surface area (TPSA) is 75.6 Å². The first-order valence-electron chi connectivity index (χ1n) is 7.68. The van der Waals surface area contributed by atoms with E-state index in [-0.39, 0.29) is 18.0 Å². The molecule has 1 saturated heterocycles. The first-order valence-corrected chi connectivity index (χ1v) is 7.68. The zero-order valence-electron chi connectivity index (χ0n) is 13.4. The highest BCUT2D eigenvalue weighted by molar-refractivity contribution is 5.82. The molecular formula is C15H26N4O2. The molecule has 1 aliphatic heterocycles. The molecule has 0 aromatic carbocycles. The van der Waals surface area contributed by atoms with Gasteiger partial charge in [-0.1, -0.05) is 5.16 Å². The first kappa shape index (κ1) is 16.0. The lowest BCUT2D eigenvalue weighted by molar-refractivity contribution is -0.135. The van der Waals surface area contributed by atoms with E-state index in [0.717, 1.165) is 43.1 Å². The van der Waals surface area contributed by atoms with Gasteiger partial charge in [-0.3, -0.25) is 9.69 Å². The Morgan fingerprint density at radius 1 is 1.43 bits per heavy atom. The van der Waals surface area contributed by atoms with Crippen LogP contribution in [0.15, 0.2) is 4.52 Å². The second-order valence-electron chi connectivity index (χ2n) is 5.75. The SMILES string of the molecule is CCN(CC)C(=O)[C@@H]1C[C@@H](N)CN1Cc1c(C)noc1C. The van der Waals surface area contributed by atoms with Gasteiger partial charge in [0, 0.05) is 37.8 Å². The van der Waals surface area contributed by atoms with E-state index in [1.807, 2.05) is 32.6 Å². The van der Waals surface area contributed by atoms with Gasteiger partial charge in [0.2, 0.25) is 5.91 Å². The van der Waals surface area contributed by atoms with Crippen LogP contribution in [-0.2, 0) is 11.3 Å². The molecule has 1 fully saturated rings. The molecule has 21 heavy (non-hydrogen) atoms. The third-order valence-corrected chi connectivity index (χ3v) is 4.34. The molecule has 2 rings (SSSR count). The lowest BCUT2D eigenvalue weighted by Crippen LogP contribution is -2.45. The molecular weight excluding hydrogens is 268 g/mol. The van der Waals surface area contributed by atoms with Crippen LogP contribution in [-0.4, -0.2) is 52.6 Å². The molecule has 0 unspecified atom stereocenters. The molecule has 6 heteroatoms. The fraction of sp³-hybridized carbons (Fsp3) is 0.733. The summed E-state index contributed by atoms with van der Waals surface area (Å²) >= 11 is 0. The maximum atomic E-state index is 12.7. The summed E-state index contributed by atoms with van der Waals surface area (Å²) in [6, 6.07) is -0.0800. The monoisotopic (exact) mass is 294 g/mol. The molecule has 0 radical (unpaired) electrons. The molecule has 2 heterocycles. The number of hydrogen-bond donors (Lipinski definition) is 1. The van der Waals surface area contributed by atoms with Gasteiger partial charge >= 0.3 is 0 Å². The van der Waals surface area contributed by atoms with Crippen molar-refractivity contribution in [2.45, 2.75) is 52.7 Å². The van der Waals surface area contributed by atoms with E-state index in [1.54, 1.807) is 0 Å². The van der Waals surface area contributed by atoms with Crippen LogP contribution in [0.1, 0.15) is 37.3 Å². The molecule has 0 aliphatic carbocycles. The van der Waals surface area contributed by atoms with Crippen LogP contribution in [0.3, 0.4) is 0 Å². The highest BCUT2D eigenvalue weighted by Gasteiger charge is 2.37. The molecule has 118 valence electrons. The molecule has 1 amide bonds. The van der Waals surface area contributed by atoms with Crippen molar-refractivity contribution in [1.29, 1.82) is 0 Å². The predicted molar refractivity (Wildman–Crippen MR) is 80.7 cm³/mol. The number of hydrogen-bond acceptors (Lipinski definition) is 5. The fourth-order valence-corrected chi connectivity index (χ4v) is 3.05. The number of amides is 1. The average Bonchev–Trinajstić information content (AvgIpc) is 2.97. The number of aryl methyl sites for hydroxylation is 2. The highest BCUT2D eigenvalue weighted by Crippen LogP contribution is 2.24. The third-order valence-electron chi connectivity index (χ3n) is 4.34. The van der Waals surface area contributed by atoms with Crippen LogP contribution >= 0.6 is 0 Å². The molecule has 2 N–H and O–H groups in total. The number of nitrogens with zero attached hydrogens (tertiary/aromatic N) is 3. The fourth-order valence-electron chi connectivity index (χ4n) is 3.05. The summed E-state index contributed by atoms with van der Waals surface area (Å²) in [6.07, 6.45) is 0.721. The van der Waals surface area contributed by atoms with Gasteiger partial charge in [0.1, 0.15) is 5.76 Å². The first-order chi connectivity index (χ1) is 9.97. The summed E-state index contributed by atoms with van der Waals surface area (Å²) < 4.78 is 5.21. The Labute approximate surface area is 126 Å². The van der Waals surface area contributed by atoms with Crippen molar-refractivity contribution in [3.8, 4) is 0 Å². The van der Waals surface area contributed by atoms with Gasteiger partial charge in [-0.15, -0.1) is 0 Å². The average molecular weight is 294 g/mol. The Balaban J connectivity index is 2.15. The Bertz CT molecular complexity index is 476. The molecule has 1 aromatic rings. The second kappa shape index (κ2) is 6.58. The van der Waals surface area contributed by atoms with Crippen molar-refractivity contribution < 1.29 is 9.32 Å².